The van der Waals surface area contributed by atoms with Gasteiger partial charge in [-0.15, -0.1) is 4.83 Å². The van der Waals surface area contributed by atoms with Crippen molar-refractivity contribution >= 4 is 38.4 Å². The van der Waals surface area contributed by atoms with Crippen molar-refractivity contribution in [3.05, 3.63) is 59.2 Å². The summed E-state index contributed by atoms with van der Waals surface area (Å²) >= 11 is 5.77. The molecular formula is C17H14ClF2N3O4S. The van der Waals surface area contributed by atoms with Crippen LogP contribution in [0.2, 0.25) is 5.02 Å². The maximum atomic E-state index is 12.4. The van der Waals surface area contributed by atoms with Gasteiger partial charge in [-0.1, -0.05) is 29.8 Å². The number of rotatable bonds is 6. The lowest BCUT2D eigenvalue weighted by molar-refractivity contribution is -0.0498. The van der Waals surface area contributed by atoms with Gasteiger partial charge in [0.2, 0.25) is 0 Å². The SMILES string of the molecule is Cn1cc(C(=O)NNS(=O)(=O)c2ccc(OC(F)F)c(Cl)c2)c2ccccc21. The second kappa shape index (κ2) is 7.74. The van der Waals surface area contributed by atoms with E-state index in [0.29, 0.717) is 5.39 Å². The molecular weight excluding hydrogens is 416 g/mol. The van der Waals surface area contributed by atoms with Crippen LogP contribution in [0.15, 0.2) is 53.6 Å². The van der Waals surface area contributed by atoms with Gasteiger partial charge in [-0.05, 0) is 24.3 Å². The molecule has 1 amide bonds. The van der Waals surface area contributed by atoms with Crippen molar-refractivity contribution in [3.8, 4) is 5.75 Å². The van der Waals surface area contributed by atoms with Crippen LogP contribution in [0.1, 0.15) is 10.4 Å². The minimum Gasteiger partial charge on any atom is -0.433 e. The number of benzene rings is 2. The van der Waals surface area contributed by atoms with Crippen molar-refractivity contribution in [3.63, 3.8) is 0 Å². The van der Waals surface area contributed by atoms with E-state index in [-0.39, 0.29) is 21.2 Å². The van der Waals surface area contributed by atoms with Crippen LogP contribution in [-0.4, -0.2) is 25.5 Å². The number of amides is 1. The van der Waals surface area contributed by atoms with E-state index >= 15 is 0 Å². The number of hydrazine groups is 1. The maximum absolute atomic E-state index is 12.4. The average molecular weight is 430 g/mol. The Balaban J connectivity index is 1.77. The molecule has 3 aromatic rings. The molecule has 0 saturated heterocycles. The standard InChI is InChI=1S/C17H14ClF2N3O4S/c1-23-9-12(11-4-2-3-5-14(11)23)16(24)21-22-28(25,26)10-6-7-15(13(18)8-10)27-17(19)20/h2-9,17,22H,1H3,(H,21,24). The maximum Gasteiger partial charge on any atom is 0.387 e. The molecule has 0 aliphatic heterocycles. The van der Waals surface area contributed by atoms with E-state index in [2.05, 4.69) is 10.2 Å². The Hall–Kier alpha value is -2.69. The highest BCUT2D eigenvalue weighted by molar-refractivity contribution is 7.89. The number of hydrogen-bond acceptors (Lipinski definition) is 4. The summed E-state index contributed by atoms with van der Waals surface area (Å²) in [6.07, 6.45) is 1.57. The number of nitrogens with one attached hydrogen (secondary N) is 2. The largest absolute Gasteiger partial charge is 0.433 e. The highest BCUT2D eigenvalue weighted by Gasteiger charge is 2.20. The van der Waals surface area contributed by atoms with Gasteiger partial charge >= 0.3 is 6.61 Å². The van der Waals surface area contributed by atoms with Crippen LogP contribution < -0.4 is 15.0 Å². The minimum atomic E-state index is -4.19. The smallest absolute Gasteiger partial charge is 0.387 e. The van der Waals surface area contributed by atoms with Gasteiger partial charge < -0.3 is 9.30 Å². The molecule has 0 bridgehead atoms. The first-order chi connectivity index (χ1) is 13.2. The Labute approximate surface area is 163 Å². The molecule has 2 N–H and O–H groups in total. The molecule has 0 fully saturated rings. The molecule has 0 unspecified atom stereocenters. The number of alkyl halides is 2. The van der Waals surface area contributed by atoms with E-state index in [0.717, 1.165) is 23.7 Å². The normalized spacial score (nSPS) is 11.8. The van der Waals surface area contributed by atoms with E-state index in [9.17, 15) is 22.0 Å². The Morgan fingerprint density at radius 1 is 1.21 bits per heavy atom. The summed E-state index contributed by atoms with van der Waals surface area (Å²) in [5.74, 6) is -1.03. The first-order valence-electron chi connectivity index (χ1n) is 7.79. The number of fused-ring (bicyclic) bond motifs is 1. The zero-order valence-electron chi connectivity index (χ0n) is 14.3. The van der Waals surface area contributed by atoms with Crippen LogP contribution in [0, 0.1) is 0 Å². The van der Waals surface area contributed by atoms with Crippen molar-refractivity contribution in [1.29, 1.82) is 0 Å². The van der Waals surface area contributed by atoms with Crippen LogP contribution in [-0.2, 0) is 17.1 Å². The molecule has 1 aromatic heterocycles. The van der Waals surface area contributed by atoms with Gasteiger partial charge in [-0.2, -0.15) is 8.78 Å². The lowest BCUT2D eigenvalue weighted by Gasteiger charge is -2.10. The van der Waals surface area contributed by atoms with Crippen molar-refractivity contribution < 1.29 is 26.7 Å². The monoisotopic (exact) mass is 429 g/mol. The number of para-hydroxylation sites is 1. The molecule has 0 atom stereocenters. The van der Waals surface area contributed by atoms with Gasteiger partial charge in [0.25, 0.3) is 15.9 Å². The number of ether oxygens (including phenoxy) is 1. The average Bonchev–Trinajstić information content (AvgIpc) is 2.98. The number of sulfonamides is 1. The van der Waals surface area contributed by atoms with Gasteiger partial charge in [0.1, 0.15) is 5.75 Å². The van der Waals surface area contributed by atoms with Crippen LogP contribution >= 0.6 is 11.6 Å². The first kappa shape index (κ1) is 20.1. The summed E-state index contributed by atoms with van der Waals surface area (Å²) in [6, 6.07) is 10.1. The first-order valence-corrected chi connectivity index (χ1v) is 9.66. The third-order valence-electron chi connectivity index (χ3n) is 3.87. The molecule has 1 heterocycles. The summed E-state index contributed by atoms with van der Waals surface area (Å²) in [6.45, 7) is -3.10. The summed E-state index contributed by atoms with van der Waals surface area (Å²) in [5, 5.41) is 0.335. The van der Waals surface area contributed by atoms with Crippen LogP contribution in [0.5, 0.6) is 5.75 Å². The van der Waals surface area contributed by atoms with Crippen molar-refractivity contribution in [1.82, 2.24) is 14.8 Å². The molecule has 2 aromatic carbocycles. The highest BCUT2D eigenvalue weighted by Crippen LogP contribution is 2.28. The lowest BCUT2D eigenvalue weighted by Crippen LogP contribution is -2.41. The van der Waals surface area contributed by atoms with E-state index in [1.165, 1.54) is 0 Å². The fourth-order valence-corrected chi connectivity index (χ4v) is 3.76. The second-order valence-corrected chi connectivity index (χ2v) is 7.79. The summed E-state index contributed by atoms with van der Waals surface area (Å²) in [5.41, 5.74) is 3.20. The van der Waals surface area contributed by atoms with Gasteiger partial charge in [-0.25, -0.2) is 8.42 Å². The minimum absolute atomic E-state index is 0.277. The molecule has 0 aliphatic rings. The third kappa shape index (κ3) is 4.08. The Kier molecular flexibility index (Phi) is 5.54. The van der Waals surface area contributed by atoms with E-state index in [1.807, 2.05) is 17.0 Å². The Morgan fingerprint density at radius 3 is 2.61 bits per heavy atom. The number of aromatic nitrogens is 1. The fourth-order valence-electron chi connectivity index (χ4n) is 2.60. The number of carbonyl (C=O) groups is 1. The van der Waals surface area contributed by atoms with Gasteiger partial charge in [-0.3, -0.25) is 10.2 Å². The van der Waals surface area contributed by atoms with E-state index < -0.39 is 22.5 Å². The van der Waals surface area contributed by atoms with E-state index in [1.54, 1.807) is 29.9 Å². The third-order valence-corrected chi connectivity index (χ3v) is 5.41. The number of nitrogens with zero attached hydrogens (tertiary/aromatic N) is 1. The van der Waals surface area contributed by atoms with Crippen LogP contribution in [0.4, 0.5) is 8.78 Å². The van der Waals surface area contributed by atoms with Crippen LogP contribution in [0.3, 0.4) is 0 Å². The van der Waals surface area contributed by atoms with E-state index in [4.69, 9.17) is 11.6 Å². The lowest BCUT2D eigenvalue weighted by atomic mass is 10.2. The molecule has 7 nitrogen and oxygen atoms in total. The Morgan fingerprint density at radius 2 is 1.93 bits per heavy atom. The second-order valence-electron chi connectivity index (χ2n) is 5.70. The zero-order chi connectivity index (χ0) is 20.5. The number of hydrogen-bond donors (Lipinski definition) is 2. The fraction of sp³-hybridized carbons (Fsp3) is 0.118. The predicted octanol–water partition coefficient (Wildman–Crippen LogP) is 3.06. The molecule has 11 heteroatoms. The molecule has 3 rings (SSSR count). The molecule has 0 radical (unpaired) electrons. The van der Waals surface area contributed by atoms with Gasteiger partial charge in [0.15, 0.2) is 0 Å². The number of aryl methyl sites for hydroxylation is 1. The molecule has 0 spiro atoms. The number of carbonyl (C=O) groups excluding carboxylic acids is 1. The topological polar surface area (TPSA) is 89.4 Å². The molecule has 28 heavy (non-hydrogen) atoms. The van der Waals surface area contributed by atoms with Gasteiger partial charge in [0.05, 0.1) is 15.5 Å². The molecule has 0 saturated carbocycles. The summed E-state index contributed by atoms with van der Waals surface area (Å²) in [4.78, 5) is 14.0. The number of halogens is 3. The van der Waals surface area contributed by atoms with Crippen LogP contribution in [0.25, 0.3) is 10.9 Å². The predicted molar refractivity (Wildman–Crippen MR) is 98.8 cm³/mol. The quantitative estimate of drug-likeness (QED) is 0.589. The molecule has 148 valence electrons. The highest BCUT2D eigenvalue weighted by atomic mass is 35.5. The zero-order valence-corrected chi connectivity index (χ0v) is 15.9. The Bertz CT molecular complexity index is 1150. The van der Waals surface area contributed by atoms with Gasteiger partial charge in [0, 0.05) is 24.1 Å². The summed E-state index contributed by atoms with van der Waals surface area (Å²) in [7, 11) is -2.44. The van der Waals surface area contributed by atoms with Crippen molar-refractivity contribution in [2.75, 3.05) is 0 Å². The molecule has 0 aliphatic carbocycles. The van der Waals surface area contributed by atoms with Crippen molar-refractivity contribution in [2.45, 2.75) is 11.5 Å². The van der Waals surface area contributed by atoms with Crippen molar-refractivity contribution in [2.24, 2.45) is 7.05 Å². The summed E-state index contributed by atoms with van der Waals surface area (Å²) < 4.78 is 55.1.